The molecular formula is C24H36FN3O3+2. The first-order valence-corrected chi connectivity index (χ1v) is 11.1. The summed E-state index contributed by atoms with van der Waals surface area (Å²) in [5.41, 5.74) is 2.12. The number of aliphatic hydroxyl groups is 1. The van der Waals surface area contributed by atoms with Gasteiger partial charge in [-0.25, -0.2) is 4.39 Å². The van der Waals surface area contributed by atoms with Gasteiger partial charge in [-0.2, -0.15) is 0 Å². The van der Waals surface area contributed by atoms with Gasteiger partial charge in [0.25, 0.3) is 0 Å². The molecule has 1 aliphatic heterocycles. The number of halogens is 1. The molecule has 7 heteroatoms. The Bertz CT molecular complexity index is 792. The van der Waals surface area contributed by atoms with Crippen molar-refractivity contribution in [3.05, 3.63) is 72.3 Å². The van der Waals surface area contributed by atoms with Crippen LogP contribution < -0.4 is 9.80 Å². The van der Waals surface area contributed by atoms with Crippen LogP contribution in [0.25, 0.3) is 0 Å². The molecule has 2 atom stereocenters. The first-order valence-electron chi connectivity index (χ1n) is 11.1. The first kappa shape index (κ1) is 23.6. The molecule has 2 heterocycles. The number of ether oxygens (including phenoxy) is 2. The van der Waals surface area contributed by atoms with E-state index in [9.17, 15) is 9.50 Å². The van der Waals surface area contributed by atoms with Crippen LogP contribution in [0.4, 0.5) is 4.39 Å². The highest BCUT2D eigenvalue weighted by Gasteiger charge is 2.21. The van der Waals surface area contributed by atoms with Crippen LogP contribution in [-0.2, 0) is 22.6 Å². The predicted octanol–water partition coefficient (Wildman–Crippen LogP) is -0.461. The largest absolute Gasteiger partial charge is 0.385 e. The Morgan fingerprint density at radius 2 is 2.13 bits per heavy atom. The summed E-state index contributed by atoms with van der Waals surface area (Å²) in [4.78, 5) is 2.86. The Hall–Kier alpha value is -2.03. The van der Waals surface area contributed by atoms with Crippen LogP contribution in [0.15, 0.2) is 55.3 Å². The lowest BCUT2D eigenvalue weighted by Gasteiger charge is -2.27. The van der Waals surface area contributed by atoms with Gasteiger partial charge in [0.2, 0.25) is 0 Å². The summed E-state index contributed by atoms with van der Waals surface area (Å²) in [7, 11) is 0. The van der Waals surface area contributed by atoms with Crippen LogP contribution in [0.2, 0.25) is 0 Å². The smallest absolute Gasteiger partial charge is 0.127 e. The molecule has 0 aliphatic carbocycles. The third-order valence-corrected chi connectivity index (χ3v) is 5.70. The second kappa shape index (κ2) is 12.7. The summed E-state index contributed by atoms with van der Waals surface area (Å²) in [6.07, 6.45) is 3.20. The minimum Gasteiger partial charge on any atom is -0.385 e. The number of aliphatic hydroxyl groups excluding tert-OH is 1. The molecule has 1 aliphatic rings. The van der Waals surface area contributed by atoms with Gasteiger partial charge in [0, 0.05) is 12.7 Å². The third kappa shape index (κ3) is 8.20. The minimum atomic E-state index is -0.527. The monoisotopic (exact) mass is 433 g/mol. The second-order valence-corrected chi connectivity index (χ2v) is 8.23. The van der Waals surface area contributed by atoms with Gasteiger partial charge in [-0.15, -0.1) is 6.58 Å². The van der Waals surface area contributed by atoms with Crippen molar-refractivity contribution in [1.82, 2.24) is 4.57 Å². The van der Waals surface area contributed by atoms with E-state index in [2.05, 4.69) is 17.2 Å². The molecule has 31 heavy (non-hydrogen) atoms. The van der Waals surface area contributed by atoms with E-state index in [1.165, 1.54) is 16.7 Å². The molecule has 0 bridgehead atoms. The summed E-state index contributed by atoms with van der Waals surface area (Å²) < 4.78 is 26.7. The normalized spacial score (nSPS) is 16.8. The highest BCUT2D eigenvalue weighted by Crippen LogP contribution is 2.09. The number of quaternary nitrogens is 2. The summed E-state index contributed by atoms with van der Waals surface area (Å²) in [5, 5.41) is 10.5. The van der Waals surface area contributed by atoms with E-state index in [0.717, 1.165) is 51.5 Å². The molecule has 6 nitrogen and oxygen atoms in total. The van der Waals surface area contributed by atoms with Crippen molar-refractivity contribution in [2.75, 3.05) is 59.2 Å². The van der Waals surface area contributed by atoms with Gasteiger partial charge >= 0.3 is 0 Å². The summed E-state index contributed by atoms with van der Waals surface area (Å²) in [6, 6.07) is 10.9. The molecule has 1 unspecified atom stereocenters. The zero-order valence-electron chi connectivity index (χ0n) is 18.3. The molecule has 1 saturated heterocycles. The van der Waals surface area contributed by atoms with E-state index in [1.807, 2.05) is 18.3 Å². The number of hydrogen-bond acceptors (Lipinski definition) is 3. The average molecular weight is 434 g/mol. The molecule has 2 aromatic rings. The highest BCUT2D eigenvalue weighted by molar-refractivity contribution is 5.18. The SMILES string of the molecule is C=CCOC[C@H](O)C[NH+](CC[NH+]1CCOCC1)Cc1cccn1Cc1cccc(F)c1. The van der Waals surface area contributed by atoms with Crippen LogP contribution in [0, 0.1) is 5.82 Å². The van der Waals surface area contributed by atoms with Crippen molar-refractivity contribution in [2.24, 2.45) is 0 Å². The summed E-state index contributed by atoms with van der Waals surface area (Å²) in [6.45, 7) is 12.2. The van der Waals surface area contributed by atoms with Crippen LogP contribution in [0.3, 0.4) is 0 Å². The number of aromatic nitrogens is 1. The van der Waals surface area contributed by atoms with Gasteiger partial charge in [0.15, 0.2) is 0 Å². The Labute approximate surface area is 184 Å². The topological polar surface area (TPSA) is 52.5 Å². The number of nitrogens with one attached hydrogen (secondary N) is 2. The molecular weight excluding hydrogens is 397 g/mol. The molecule has 1 aromatic carbocycles. The Balaban J connectivity index is 1.62. The Morgan fingerprint density at radius 1 is 1.29 bits per heavy atom. The van der Waals surface area contributed by atoms with E-state index in [4.69, 9.17) is 9.47 Å². The lowest BCUT2D eigenvalue weighted by atomic mass is 10.2. The van der Waals surface area contributed by atoms with E-state index in [1.54, 1.807) is 23.1 Å². The van der Waals surface area contributed by atoms with Crippen molar-refractivity contribution in [3.63, 3.8) is 0 Å². The van der Waals surface area contributed by atoms with Gasteiger partial charge in [-0.3, -0.25) is 0 Å². The highest BCUT2D eigenvalue weighted by atomic mass is 19.1. The minimum absolute atomic E-state index is 0.213. The number of morpholine rings is 1. The molecule has 3 N–H and O–H groups in total. The fourth-order valence-corrected chi connectivity index (χ4v) is 4.06. The Morgan fingerprint density at radius 3 is 2.90 bits per heavy atom. The van der Waals surface area contributed by atoms with Crippen molar-refractivity contribution >= 4 is 0 Å². The molecule has 1 fully saturated rings. The van der Waals surface area contributed by atoms with Gasteiger partial charge in [-0.1, -0.05) is 18.2 Å². The average Bonchev–Trinajstić information content (AvgIpc) is 3.19. The van der Waals surface area contributed by atoms with Crippen molar-refractivity contribution < 1.29 is 28.8 Å². The van der Waals surface area contributed by atoms with E-state index >= 15 is 0 Å². The first-order chi connectivity index (χ1) is 15.1. The summed E-state index contributed by atoms with van der Waals surface area (Å²) >= 11 is 0. The molecule has 1 aromatic heterocycles. The quantitative estimate of drug-likeness (QED) is 0.296. The van der Waals surface area contributed by atoms with Crippen molar-refractivity contribution in [3.8, 4) is 0 Å². The molecule has 3 rings (SSSR count). The standard InChI is InChI=1S/C24H34FN3O3/c1-2-13-31-20-24(29)19-27(10-9-26-11-14-30-15-12-26)18-23-7-4-8-28(23)17-21-5-3-6-22(25)16-21/h2-8,16,24,29H,1,9-15,17-20H2/p+2/t24-/m1/s1. The van der Waals surface area contributed by atoms with Gasteiger partial charge in [0.05, 0.1) is 32.1 Å². The van der Waals surface area contributed by atoms with E-state index in [-0.39, 0.29) is 5.82 Å². The maximum Gasteiger partial charge on any atom is 0.127 e. The van der Waals surface area contributed by atoms with E-state index < -0.39 is 6.10 Å². The maximum absolute atomic E-state index is 13.6. The molecule has 170 valence electrons. The van der Waals surface area contributed by atoms with Crippen molar-refractivity contribution in [2.45, 2.75) is 19.2 Å². The number of benzene rings is 1. The fourth-order valence-electron chi connectivity index (χ4n) is 4.06. The zero-order chi connectivity index (χ0) is 21.9. The maximum atomic E-state index is 13.6. The second-order valence-electron chi connectivity index (χ2n) is 8.23. The molecule has 0 saturated carbocycles. The lowest BCUT2D eigenvalue weighted by Crippen LogP contribution is -3.21. The molecule has 0 spiro atoms. The van der Waals surface area contributed by atoms with E-state index in [0.29, 0.717) is 26.3 Å². The van der Waals surface area contributed by atoms with Gasteiger partial charge in [-0.05, 0) is 29.8 Å². The zero-order valence-corrected chi connectivity index (χ0v) is 18.3. The molecule has 0 radical (unpaired) electrons. The van der Waals surface area contributed by atoms with Crippen molar-refractivity contribution in [1.29, 1.82) is 0 Å². The summed E-state index contributed by atoms with van der Waals surface area (Å²) in [5.74, 6) is -0.213. The number of nitrogens with zero attached hydrogens (tertiary/aromatic N) is 1. The van der Waals surface area contributed by atoms with Crippen LogP contribution in [0.5, 0.6) is 0 Å². The van der Waals surface area contributed by atoms with Crippen LogP contribution in [0.1, 0.15) is 11.3 Å². The third-order valence-electron chi connectivity index (χ3n) is 5.70. The lowest BCUT2D eigenvalue weighted by molar-refractivity contribution is -0.969. The number of hydrogen-bond donors (Lipinski definition) is 3. The van der Waals surface area contributed by atoms with Gasteiger partial charge in [0.1, 0.15) is 51.2 Å². The fraction of sp³-hybridized carbons (Fsp3) is 0.500. The van der Waals surface area contributed by atoms with Crippen LogP contribution >= 0.6 is 0 Å². The molecule has 0 amide bonds. The number of rotatable bonds is 13. The Kier molecular flexibility index (Phi) is 9.71. The van der Waals surface area contributed by atoms with Gasteiger partial charge < -0.3 is 28.9 Å². The predicted molar refractivity (Wildman–Crippen MR) is 118 cm³/mol. The van der Waals surface area contributed by atoms with Crippen LogP contribution in [-0.4, -0.2) is 74.9 Å².